The second kappa shape index (κ2) is 10.5. The Morgan fingerprint density at radius 3 is 2.00 bits per heavy atom. The molecule has 14 heavy (non-hydrogen) atoms. The van der Waals surface area contributed by atoms with Gasteiger partial charge in [-0.05, 0) is 19.4 Å². The maximum atomic E-state index is 10.6. The third-order valence-electron chi connectivity index (χ3n) is 2.34. The van der Waals surface area contributed by atoms with E-state index < -0.39 is 5.97 Å². The van der Waals surface area contributed by atoms with Gasteiger partial charge in [0, 0.05) is 6.42 Å². The number of rotatable bonds is 10. The SMILES string of the molecule is [2H]OC(=O)CCCCCCCCCCN. The van der Waals surface area contributed by atoms with Gasteiger partial charge in [-0.25, -0.2) is 0 Å². The lowest BCUT2D eigenvalue weighted by Crippen LogP contribution is -1.97. The van der Waals surface area contributed by atoms with Gasteiger partial charge in [-0.3, -0.25) is 4.79 Å². The van der Waals surface area contributed by atoms with E-state index in [2.05, 4.69) is 5.11 Å². The summed E-state index contributed by atoms with van der Waals surface area (Å²) >= 11 is 0. The summed E-state index contributed by atoms with van der Waals surface area (Å²) in [7, 11) is 0. The van der Waals surface area contributed by atoms with Crippen LogP contribution in [-0.4, -0.2) is 17.6 Å². The lowest BCUT2D eigenvalue weighted by atomic mass is 10.1. The summed E-state index contributed by atoms with van der Waals surface area (Å²) in [5.74, 6) is -0.419. The van der Waals surface area contributed by atoms with Crippen molar-refractivity contribution in [1.29, 1.82) is 1.43 Å². The molecule has 0 fully saturated rings. The fourth-order valence-electron chi connectivity index (χ4n) is 1.47. The Morgan fingerprint density at radius 1 is 1.00 bits per heavy atom. The van der Waals surface area contributed by atoms with Crippen molar-refractivity contribution in [2.75, 3.05) is 6.54 Å². The van der Waals surface area contributed by atoms with Gasteiger partial charge in [0.05, 0.1) is 0 Å². The second-order valence-electron chi connectivity index (χ2n) is 3.74. The standard InChI is InChI=1S/C11H23NO2/c12-10-8-6-4-2-1-3-5-7-9-11(13)14/h1-10,12H2,(H,13,14)/i/hD. The summed E-state index contributed by atoms with van der Waals surface area (Å²) in [6.07, 6.45) is 9.61. The van der Waals surface area contributed by atoms with Crippen molar-refractivity contribution in [3.63, 3.8) is 0 Å². The van der Waals surface area contributed by atoms with Crippen LogP contribution < -0.4 is 5.73 Å². The Kier molecular flexibility index (Phi) is 8.64. The van der Waals surface area contributed by atoms with Crippen LogP contribution in [0.25, 0.3) is 1.43 Å². The van der Waals surface area contributed by atoms with E-state index in [4.69, 9.17) is 7.16 Å². The average molecular weight is 202 g/mol. The molecular weight excluding hydrogens is 178 g/mol. The van der Waals surface area contributed by atoms with Crippen molar-refractivity contribution < 1.29 is 9.90 Å². The molecule has 0 bridgehead atoms. The minimum absolute atomic E-state index is 0.386. The largest absolute Gasteiger partial charge is 0.481 e. The highest BCUT2D eigenvalue weighted by Gasteiger charge is 1.96. The summed E-state index contributed by atoms with van der Waals surface area (Å²) in [6.45, 7) is 0.801. The molecule has 0 saturated heterocycles. The van der Waals surface area contributed by atoms with Crippen LogP contribution in [0.15, 0.2) is 0 Å². The van der Waals surface area contributed by atoms with Crippen LogP contribution in [0.4, 0.5) is 0 Å². The van der Waals surface area contributed by atoms with Crippen LogP contribution in [0.1, 0.15) is 57.8 Å². The number of unbranched alkanes of at least 4 members (excludes halogenated alkanes) is 7. The van der Waals surface area contributed by atoms with E-state index >= 15 is 0 Å². The first-order chi connectivity index (χ1) is 7.31. The first-order valence-corrected chi connectivity index (χ1v) is 5.67. The molecule has 0 aliphatic heterocycles. The maximum Gasteiger partial charge on any atom is 0.303 e. The minimum Gasteiger partial charge on any atom is -0.481 e. The molecule has 3 nitrogen and oxygen atoms in total. The Morgan fingerprint density at radius 2 is 1.50 bits per heavy atom. The Balaban J connectivity index is 2.95. The Labute approximate surface area is 88.2 Å². The van der Waals surface area contributed by atoms with Gasteiger partial charge in [0.2, 0.25) is 0 Å². The first-order valence-electron chi connectivity index (χ1n) is 6.08. The lowest BCUT2D eigenvalue weighted by molar-refractivity contribution is -0.137. The molecule has 3 heteroatoms. The van der Waals surface area contributed by atoms with Gasteiger partial charge in [0.1, 0.15) is 0 Å². The summed E-state index contributed by atoms with van der Waals surface area (Å²) in [6, 6.07) is 0. The molecule has 0 heterocycles. The monoisotopic (exact) mass is 202 g/mol. The van der Waals surface area contributed by atoms with Crippen molar-refractivity contribution in [3.05, 3.63) is 0 Å². The Hall–Kier alpha value is -0.570. The van der Waals surface area contributed by atoms with Gasteiger partial charge < -0.3 is 10.8 Å². The quantitative estimate of drug-likeness (QED) is 0.535. The summed E-state index contributed by atoms with van der Waals surface area (Å²) in [5, 5.41) is 3.82. The summed E-state index contributed by atoms with van der Waals surface area (Å²) < 4.78 is 6.36. The number of nitrogens with two attached hydrogens (primary N) is 1. The van der Waals surface area contributed by atoms with Gasteiger partial charge in [0.15, 0.2) is 0 Å². The molecule has 0 spiro atoms. The van der Waals surface area contributed by atoms with Crippen LogP contribution in [-0.2, 0) is 4.79 Å². The smallest absolute Gasteiger partial charge is 0.303 e. The van der Waals surface area contributed by atoms with Crippen LogP contribution in [0.2, 0.25) is 0 Å². The zero-order chi connectivity index (χ0) is 11.4. The molecular formula is C11H23NO2. The predicted molar refractivity (Wildman–Crippen MR) is 58.2 cm³/mol. The molecule has 0 amide bonds. The van der Waals surface area contributed by atoms with Gasteiger partial charge in [0.25, 0.3) is 1.43 Å². The number of carboxylic acid groups (broad SMARTS) is 1. The van der Waals surface area contributed by atoms with E-state index in [0.717, 1.165) is 25.8 Å². The fraction of sp³-hybridized carbons (Fsp3) is 0.909. The van der Waals surface area contributed by atoms with Crippen molar-refractivity contribution in [3.8, 4) is 0 Å². The van der Waals surface area contributed by atoms with Crippen LogP contribution in [0.5, 0.6) is 0 Å². The number of carboxylic acids is 1. The molecule has 3 N–H and O–H groups in total. The van der Waals surface area contributed by atoms with Crippen LogP contribution in [0, 0.1) is 0 Å². The van der Waals surface area contributed by atoms with E-state index in [1.165, 1.54) is 32.1 Å². The topological polar surface area (TPSA) is 63.3 Å². The molecule has 0 radical (unpaired) electrons. The zero-order valence-electron chi connectivity index (χ0n) is 9.96. The number of hydrogen-bond donors (Lipinski definition) is 2. The second-order valence-corrected chi connectivity index (χ2v) is 3.74. The van der Waals surface area contributed by atoms with Gasteiger partial charge in [-0.1, -0.05) is 38.5 Å². The third-order valence-corrected chi connectivity index (χ3v) is 2.34. The van der Waals surface area contributed by atoms with Gasteiger partial charge in [-0.2, -0.15) is 0 Å². The molecule has 0 aromatic carbocycles. The van der Waals surface area contributed by atoms with Crippen LogP contribution >= 0.6 is 0 Å². The molecule has 0 saturated carbocycles. The van der Waals surface area contributed by atoms with E-state index in [-0.39, 0.29) is 0 Å². The Bertz CT molecular complexity index is 154. The molecule has 0 aromatic rings. The number of carbonyl (C=O) groups is 1. The highest BCUT2D eigenvalue weighted by molar-refractivity contribution is 5.66. The van der Waals surface area contributed by atoms with Crippen molar-refractivity contribution in [2.45, 2.75) is 57.8 Å². The van der Waals surface area contributed by atoms with Crippen LogP contribution in [0.3, 0.4) is 0 Å². The van der Waals surface area contributed by atoms with E-state index in [9.17, 15) is 4.79 Å². The highest BCUT2D eigenvalue weighted by Crippen LogP contribution is 2.09. The van der Waals surface area contributed by atoms with E-state index in [0.29, 0.717) is 6.42 Å². The minimum atomic E-state index is -0.419. The molecule has 0 aliphatic rings. The average Bonchev–Trinajstić information content (AvgIpc) is 2.26. The molecule has 0 rings (SSSR count). The number of hydrogen-bond acceptors (Lipinski definition) is 3. The predicted octanol–water partition coefficient (Wildman–Crippen LogP) is 2.54. The van der Waals surface area contributed by atoms with Gasteiger partial charge >= 0.3 is 5.97 Å². The summed E-state index contributed by atoms with van der Waals surface area (Å²) in [5.41, 5.74) is 5.39. The van der Waals surface area contributed by atoms with Gasteiger partial charge in [-0.15, -0.1) is 0 Å². The fourth-order valence-corrected chi connectivity index (χ4v) is 1.47. The normalized spacial score (nSPS) is 11.1. The molecule has 0 aliphatic carbocycles. The molecule has 84 valence electrons. The first kappa shape index (κ1) is 11.5. The molecule has 0 atom stereocenters. The zero-order valence-corrected chi connectivity index (χ0v) is 8.96. The third kappa shape index (κ3) is 11.4. The van der Waals surface area contributed by atoms with E-state index in [1.807, 2.05) is 0 Å². The molecule has 0 unspecified atom stereocenters. The number of aliphatic carboxylic acids is 1. The molecule has 0 aromatic heterocycles. The van der Waals surface area contributed by atoms with E-state index in [1.54, 1.807) is 0 Å². The van der Waals surface area contributed by atoms with Crippen molar-refractivity contribution >= 4 is 5.97 Å². The highest BCUT2D eigenvalue weighted by atomic mass is 16.4. The summed E-state index contributed by atoms with van der Waals surface area (Å²) in [4.78, 5) is 10.6. The van der Waals surface area contributed by atoms with Crippen molar-refractivity contribution in [1.82, 2.24) is 0 Å². The maximum absolute atomic E-state index is 10.6. The lowest BCUT2D eigenvalue weighted by Gasteiger charge is -2.00. The van der Waals surface area contributed by atoms with Crippen molar-refractivity contribution in [2.24, 2.45) is 5.73 Å².